The maximum absolute atomic E-state index is 12.0. The van der Waals surface area contributed by atoms with Gasteiger partial charge in [0, 0.05) is 25.6 Å². The minimum atomic E-state index is -0.477. The summed E-state index contributed by atoms with van der Waals surface area (Å²) in [6.45, 7) is 5.47. The normalized spacial score (nSPS) is 16.9. The van der Waals surface area contributed by atoms with Gasteiger partial charge in [-0.2, -0.15) is 5.10 Å². The third-order valence-corrected chi connectivity index (χ3v) is 3.46. The van der Waals surface area contributed by atoms with Crippen molar-refractivity contribution in [1.29, 1.82) is 0 Å². The first kappa shape index (κ1) is 12.8. The van der Waals surface area contributed by atoms with E-state index in [9.17, 15) is 9.59 Å². The molecular weight excluding hydrogens is 230 g/mol. The predicted molar refractivity (Wildman–Crippen MR) is 70.0 cm³/mol. The molecule has 0 bridgehead atoms. The number of aromatic nitrogens is 2. The summed E-state index contributed by atoms with van der Waals surface area (Å²) in [5.41, 5.74) is 0.665. The summed E-state index contributed by atoms with van der Waals surface area (Å²) in [6, 6.07) is 1.10. The van der Waals surface area contributed by atoms with Gasteiger partial charge in [-0.1, -0.05) is 6.92 Å². The molecule has 1 aliphatic heterocycles. The summed E-state index contributed by atoms with van der Waals surface area (Å²) in [5.74, 6) is 0.0264. The van der Waals surface area contributed by atoms with Gasteiger partial charge in [-0.3, -0.25) is 9.59 Å². The Bertz CT molecular complexity index is 489. The average molecular weight is 249 g/mol. The molecule has 1 atom stereocenters. The smallest absolute Gasteiger partial charge is 0.269 e. The Kier molecular flexibility index (Phi) is 3.79. The van der Waals surface area contributed by atoms with Crippen LogP contribution >= 0.6 is 0 Å². The molecule has 1 unspecified atom stereocenters. The van der Waals surface area contributed by atoms with Gasteiger partial charge < -0.3 is 4.90 Å². The maximum Gasteiger partial charge on any atom is 0.269 e. The summed E-state index contributed by atoms with van der Waals surface area (Å²) in [6.07, 6.45) is 4.43. The van der Waals surface area contributed by atoms with Crippen LogP contribution in [0.4, 0.5) is 5.69 Å². The fourth-order valence-corrected chi connectivity index (χ4v) is 2.28. The minimum absolute atomic E-state index is 0.0264. The van der Waals surface area contributed by atoms with Crippen LogP contribution in [0, 0.1) is 0 Å². The van der Waals surface area contributed by atoms with Crippen LogP contribution in [0.1, 0.15) is 39.2 Å². The summed E-state index contributed by atoms with van der Waals surface area (Å²) in [7, 11) is 0. The monoisotopic (exact) mass is 249 g/mol. The van der Waals surface area contributed by atoms with Gasteiger partial charge in [0.05, 0.1) is 11.9 Å². The zero-order valence-electron chi connectivity index (χ0n) is 10.9. The highest BCUT2D eigenvalue weighted by molar-refractivity contribution is 5.81. The highest BCUT2D eigenvalue weighted by atomic mass is 16.1. The SMILES string of the molecule is CCC(=O)C(C)n1ncc(N2CCCC2)cc1=O. The Morgan fingerprint density at radius 2 is 2.11 bits per heavy atom. The molecule has 1 aromatic rings. The highest BCUT2D eigenvalue weighted by Crippen LogP contribution is 2.17. The Balaban J connectivity index is 2.24. The van der Waals surface area contributed by atoms with Crippen molar-refractivity contribution >= 4 is 11.5 Å². The topological polar surface area (TPSA) is 55.2 Å². The Hall–Kier alpha value is -1.65. The second kappa shape index (κ2) is 5.33. The molecular formula is C13H19N3O2. The van der Waals surface area contributed by atoms with Crippen molar-refractivity contribution in [1.82, 2.24) is 9.78 Å². The van der Waals surface area contributed by atoms with Gasteiger partial charge in [0.1, 0.15) is 6.04 Å². The molecule has 2 heterocycles. The number of hydrogen-bond donors (Lipinski definition) is 0. The van der Waals surface area contributed by atoms with E-state index >= 15 is 0 Å². The molecule has 0 N–H and O–H groups in total. The Morgan fingerprint density at radius 3 is 2.67 bits per heavy atom. The third-order valence-electron chi connectivity index (χ3n) is 3.46. The lowest BCUT2D eigenvalue weighted by atomic mass is 10.2. The van der Waals surface area contributed by atoms with E-state index in [1.54, 1.807) is 26.1 Å². The molecule has 5 heteroatoms. The van der Waals surface area contributed by atoms with Crippen LogP contribution in [-0.2, 0) is 4.79 Å². The zero-order chi connectivity index (χ0) is 13.1. The fourth-order valence-electron chi connectivity index (χ4n) is 2.28. The lowest BCUT2D eigenvalue weighted by Crippen LogP contribution is -2.31. The first-order chi connectivity index (χ1) is 8.63. The number of hydrogen-bond acceptors (Lipinski definition) is 4. The van der Waals surface area contributed by atoms with Crippen LogP contribution in [0.25, 0.3) is 0 Å². The van der Waals surface area contributed by atoms with Gasteiger partial charge >= 0.3 is 0 Å². The molecule has 1 saturated heterocycles. The minimum Gasteiger partial charge on any atom is -0.370 e. The summed E-state index contributed by atoms with van der Waals surface area (Å²) < 4.78 is 1.27. The van der Waals surface area contributed by atoms with E-state index < -0.39 is 6.04 Å². The molecule has 0 spiro atoms. The quantitative estimate of drug-likeness (QED) is 0.809. The molecule has 0 aliphatic carbocycles. The van der Waals surface area contributed by atoms with Gasteiger partial charge in [0.25, 0.3) is 5.56 Å². The van der Waals surface area contributed by atoms with E-state index in [-0.39, 0.29) is 11.3 Å². The average Bonchev–Trinajstić information content (AvgIpc) is 2.90. The van der Waals surface area contributed by atoms with Crippen molar-refractivity contribution in [3.05, 3.63) is 22.6 Å². The van der Waals surface area contributed by atoms with Gasteiger partial charge in [0.15, 0.2) is 5.78 Å². The van der Waals surface area contributed by atoms with Crippen LogP contribution < -0.4 is 10.5 Å². The highest BCUT2D eigenvalue weighted by Gasteiger charge is 2.18. The lowest BCUT2D eigenvalue weighted by Gasteiger charge is -2.18. The maximum atomic E-state index is 12.0. The van der Waals surface area contributed by atoms with Crippen molar-refractivity contribution in [3.8, 4) is 0 Å². The van der Waals surface area contributed by atoms with Crippen molar-refractivity contribution < 1.29 is 4.79 Å². The van der Waals surface area contributed by atoms with E-state index in [4.69, 9.17) is 0 Å². The molecule has 0 amide bonds. The van der Waals surface area contributed by atoms with E-state index in [2.05, 4.69) is 10.00 Å². The second-order valence-electron chi connectivity index (χ2n) is 4.69. The van der Waals surface area contributed by atoms with E-state index in [0.29, 0.717) is 6.42 Å². The molecule has 5 nitrogen and oxygen atoms in total. The van der Waals surface area contributed by atoms with Gasteiger partial charge in [-0.05, 0) is 19.8 Å². The Labute approximate surface area is 106 Å². The lowest BCUT2D eigenvalue weighted by molar-refractivity contribution is -0.121. The number of anilines is 1. The number of rotatable bonds is 4. The standard InChI is InChI=1S/C13H19N3O2/c1-3-12(17)10(2)16-13(18)8-11(9-14-16)15-6-4-5-7-15/h8-10H,3-7H2,1-2H3. The number of carbonyl (C=O) groups excluding carboxylic acids is 1. The van der Waals surface area contributed by atoms with E-state index in [1.165, 1.54) is 4.68 Å². The molecule has 0 saturated carbocycles. The molecule has 0 radical (unpaired) electrons. The molecule has 1 aromatic heterocycles. The first-order valence-corrected chi connectivity index (χ1v) is 6.50. The largest absolute Gasteiger partial charge is 0.370 e. The van der Waals surface area contributed by atoms with E-state index in [0.717, 1.165) is 31.6 Å². The number of carbonyl (C=O) groups is 1. The zero-order valence-corrected chi connectivity index (χ0v) is 10.9. The van der Waals surface area contributed by atoms with Crippen molar-refractivity contribution in [2.75, 3.05) is 18.0 Å². The van der Waals surface area contributed by atoms with Gasteiger partial charge in [-0.25, -0.2) is 4.68 Å². The van der Waals surface area contributed by atoms with Crippen molar-refractivity contribution in [2.24, 2.45) is 0 Å². The number of Topliss-reactive ketones (excluding diaryl/α,β-unsaturated/α-hetero) is 1. The second-order valence-corrected chi connectivity index (χ2v) is 4.69. The molecule has 1 aliphatic rings. The summed E-state index contributed by atoms with van der Waals surface area (Å²) >= 11 is 0. The van der Waals surface area contributed by atoms with Crippen molar-refractivity contribution in [3.63, 3.8) is 0 Å². The van der Waals surface area contributed by atoms with Crippen LogP contribution in [0.15, 0.2) is 17.1 Å². The van der Waals surface area contributed by atoms with Crippen LogP contribution in [0.3, 0.4) is 0 Å². The summed E-state index contributed by atoms with van der Waals surface area (Å²) in [4.78, 5) is 25.7. The van der Waals surface area contributed by atoms with E-state index in [1.807, 2.05) is 0 Å². The molecule has 1 fully saturated rings. The third kappa shape index (κ3) is 2.44. The van der Waals surface area contributed by atoms with Gasteiger partial charge in [0.2, 0.25) is 0 Å². The van der Waals surface area contributed by atoms with Gasteiger partial charge in [-0.15, -0.1) is 0 Å². The number of nitrogens with zero attached hydrogens (tertiary/aromatic N) is 3. The molecule has 2 rings (SSSR count). The predicted octanol–water partition coefficient (Wildman–Crippen LogP) is 1.38. The first-order valence-electron chi connectivity index (χ1n) is 6.50. The number of ketones is 1. The molecule has 98 valence electrons. The van der Waals surface area contributed by atoms with Crippen molar-refractivity contribution in [2.45, 2.75) is 39.2 Å². The van der Waals surface area contributed by atoms with Crippen LogP contribution in [-0.4, -0.2) is 28.7 Å². The molecule has 18 heavy (non-hydrogen) atoms. The van der Waals surface area contributed by atoms with Crippen LogP contribution in [0.2, 0.25) is 0 Å². The fraction of sp³-hybridized carbons (Fsp3) is 0.615. The van der Waals surface area contributed by atoms with Crippen LogP contribution in [0.5, 0.6) is 0 Å². The molecule has 0 aromatic carbocycles. The summed E-state index contributed by atoms with van der Waals surface area (Å²) in [5, 5.41) is 4.13. The Morgan fingerprint density at radius 1 is 1.44 bits per heavy atom.